The Balaban J connectivity index is 2.54. The van der Waals surface area contributed by atoms with Gasteiger partial charge in [-0.25, -0.2) is 0 Å². The predicted molar refractivity (Wildman–Crippen MR) is 64.3 cm³/mol. The van der Waals surface area contributed by atoms with E-state index in [2.05, 4.69) is 5.32 Å². The lowest BCUT2D eigenvalue weighted by Gasteiger charge is -2.27. The van der Waals surface area contributed by atoms with Crippen molar-refractivity contribution in [3.8, 4) is 0 Å². The molecule has 0 aliphatic carbocycles. The molecule has 2 amide bonds. The highest BCUT2D eigenvalue weighted by molar-refractivity contribution is 5.88. The quantitative estimate of drug-likeness (QED) is 0.736. The smallest absolute Gasteiger partial charge is 0.245 e. The molecule has 5 nitrogen and oxygen atoms in total. The topological polar surface area (TPSA) is 69.6 Å². The fraction of sp³-hybridized carbons (Fsp3) is 0.833. The zero-order chi connectivity index (χ0) is 13.0. The predicted octanol–water partition coefficient (Wildman–Crippen LogP) is 0.130. The lowest BCUT2D eigenvalue weighted by Crippen LogP contribution is -2.50. The highest BCUT2D eigenvalue weighted by atomic mass is 16.3. The fourth-order valence-electron chi connectivity index (χ4n) is 2.01. The Morgan fingerprint density at radius 1 is 1.41 bits per heavy atom. The van der Waals surface area contributed by atoms with Gasteiger partial charge in [-0.3, -0.25) is 9.59 Å². The minimum atomic E-state index is -0.517. The van der Waals surface area contributed by atoms with Crippen LogP contribution in [0, 0.1) is 5.92 Å². The van der Waals surface area contributed by atoms with Crippen LogP contribution in [0.5, 0.6) is 0 Å². The van der Waals surface area contributed by atoms with Crippen molar-refractivity contribution in [2.24, 2.45) is 5.92 Å². The van der Waals surface area contributed by atoms with E-state index in [-0.39, 0.29) is 30.4 Å². The van der Waals surface area contributed by atoms with Gasteiger partial charge in [0, 0.05) is 12.5 Å². The van der Waals surface area contributed by atoms with E-state index in [1.165, 1.54) is 0 Å². The van der Waals surface area contributed by atoms with Crippen molar-refractivity contribution in [1.82, 2.24) is 10.2 Å². The van der Waals surface area contributed by atoms with Gasteiger partial charge in [0.25, 0.3) is 0 Å². The molecule has 1 aliphatic heterocycles. The SMILES string of the molecule is CC(C)C(=O)N[C@@H](C)C(=O)N1CCC[C@H]1CO. The molecule has 1 fully saturated rings. The number of nitrogens with zero attached hydrogens (tertiary/aromatic N) is 1. The summed E-state index contributed by atoms with van der Waals surface area (Å²) in [6, 6.07) is -0.599. The van der Waals surface area contributed by atoms with Crippen LogP contribution in [0.15, 0.2) is 0 Å². The monoisotopic (exact) mass is 242 g/mol. The maximum Gasteiger partial charge on any atom is 0.245 e. The molecule has 1 saturated heterocycles. The summed E-state index contributed by atoms with van der Waals surface area (Å²) in [5.41, 5.74) is 0. The summed E-state index contributed by atoms with van der Waals surface area (Å²) in [6.45, 7) is 5.94. The summed E-state index contributed by atoms with van der Waals surface area (Å²) in [6.07, 6.45) is 1.76. The Morgan fingerprint density at radius 2 is 2.06 bits per heavy atom. The number of aliphatic hydroxyl groups is 1. The Kier molecular flexibility index (Phi) is 4.93. The maximum absolute atomic E-state index is 12.1. The van der Waals surface area contributed by atoms with E-state index in [9.17, 15) is 9.59 Å². The molecule has 0 aromatic heterocycles. The molecule has 17 heavy (non-hydrogen) atoms. The normalized spacial score (nSPS) is 21.7. The van der Waals surface area contributed by atoms with Gasteiger partial charge in [-0.05, 0) is 19.8 Å². The van der Waals surface area contributed by atoms with Gasteiger partial charge in [0.2, 0.25) is 11.8 Å². The number of nitrogens with one attached hydrogen (secondary N) is 1. The van der Waals surface area contributed by atoms with Crippen molar-refractivity contribution in [2.45, 2.75) is 45.7 Å². The van der Waals surface area contributed by atoms with Gasteiger partial charge in [0.1, 0.15) is 6.04 Å². The number of rotatable bonds is 4. The van der Waals surface area contributed by atoms with Gasteiger partial charge in [0.05, 0.1) is 12.6 Å². The molecule has 0 radical (unpaired) electrons. The van der Waals surface area contributed by atoms with Crippen molar-refractivity contribution in [3.63, 3.8) is 0 Å². The van der Waals surface area contributed by atoms with Crippen LogP contribution in [0.2, 0.25) is 0 Å². The van der Waals surface area contributed by atoms with Crippen molar-refractivity contribution >= 4 is 11.8 Å². The first kappa shape index (κ1) is 14.0. The molecule has 0 bridgehead atoms. The highest BCUT2D eigenvalue weighted by Gasteiger charge is 2.31. The molecular formula is C12H22N2O3. The Bertz CT molecular complexity index is 291. The van der Waals surface area contributed by atoms with Gasteiger partial charge < -0.3 is 15.3 Å². The maximum atomic E-state index is 12.1. The number of carbonyl (C=O) groups is 2. The number of likely N-dealkylation sites (tertiary alicyclic amines) is 1. The van der Waals surface area contributed by atoms with Gasteiger partial charge >= 0.3 is 0 Å². The minimum Gasteiger partial charge on any atom is -0.394 e. The van der Waals surface area contributed by atoms with Crippen LogP contribution in [-0.4, -0.2) is 47.1 Å². The second-order valence-corrected chi connectivity index (χ2v) is 4.90. The van der Waals surface area contributed by atoms with Crippen LogP contribution in [0.4, 0.5) is 0 Å². The number of hydrogen-bond acceptors (Lipinski definition) is 3. The van der Waals surface area contributed by atoms with Crippen LogP contribution < -0.4 is 5.32 Å². The summed E-state index contributed by atoms with van der Waals surface area (Å²) in [5, 5.41) is 11.8. The standard InChI is InChI=1S/C12H22N2O3/c1-8(2)11(16)13-9(3)12(17)14-6-4-5-10(14)7-15/h8-10,15H,4-7H2,1-3H3,(H,13,16)/t9-,10-/m0/s1. The summed E-state index contributed by atoms with van der Waals surface area (Å²) < 4.78 is 0. The largest absolute Gasteiger partial charge is 0.394 e. The Morgan fingerprint density at radius 3 is 2.59 bits per heavy atom. The summed E-state index contributed by atoms with van der Waals surface area (Å²) in [7, 11) is 0. The van der Waals surface area contributed by atoms with E-state index < -0.39 is 6.04 Å². The first-order valence-corrected chi connectivity index (χ1v) is 6.19. The van der Waals surface area contributed by atoms with Crippen LogP contribution in [0.3, 0.4) is 0 Å². The fourth-order valence-corrected chi connectivity index (χ4v) is 2.01. The van der Waals surface area contributed by atoms with Crippen LogP contribution in [-0.2, 0) is 9.59 Å². The molecule has 0 unspecified atom stereocenters. The zero-order valence-corrected chi connectivity index (χ0v) is 10.8. The first-order chi connectivity index (χ1) is 7.97. The van der Waals surface area contributed by atoms with E-state index >= 15 is 0 Å². The molecule has 0 saturated carbocycles. The third-order valence-electron chi connectivity index (χ3n) is 3.12. The number of carbonyl (C=O) groups excluding carboxylic acids is 2. The molecule has 98 valence electrons. The molecule has 0 aromatic rings. The molecule has 5 heteroatoms. The second kappa shape index (κ2) is 6.00. The second-order valence-electron chi connectivity index (χ2n) is 4.90. The number of hydrogen-bond donors (Lipinski definition) is 2. The molecule has 1 rings (SSSR count). The zero-order valence-electron chi connectivity index (χ0n) is 10.8. The van der Waals surface area contributed by atoms with Crippen molar-refractivity contribution in [2.75, 3.05) is 13.2 Å². The van der Waals surface area contributed by atoms with Crippen molar-refractivity contribution in [3.05, 3.63) is 0 Å². The van der Waals surface area contributed by atoms with Gasteiger partial charge in [-0.1, -0.05) is 13.8 Å². The highest BCUT2D eigenvalue weighted by Crippen LogP contribution is 2.17. The van der Waals surface area contributed by atoms with Crippen LogP contribution in [0.25, 0.3) is 0 Å². The van der Waals surface area contributed by atoms with E-state index in [0.717, 1.165) is 12.8 Å². The van der Waals surface area contributed by atoms with Gasteiger partial charge in [-0.15, -0.1) is 0 Å². The number of amides is 2. The van der Waals surface area contributed by atoms with E-state index in [1.807, 2.05) is 0 Å². The third-order valence-corrected chi connectivity index (χ3v) is 3.12. The Labute approximate surface area is 102 Å². The molecular weight excluding hydrogens is 220 g/mol. The Hall–Kier alpha value is -1.10. The minimum absolute atomic E-state index is 0.00339. The first-order valence-electron chi connectivity index (χ1n) is 6.19. The number of aliphatic hydroxyl groups excluding tert-OH is 1. The summed E-state index contributed by atoms with van der Waals surface area (Å²) in [4.78, 5) is 25.2. The molecule has 0 aromatic carbocycles. The summed E-state index contributed by atoms with van der Waals surface area (Å²) in [5.74, 6) is -0.349. The lowest BCUT2D eigenvalue weighted by atomic mass is 10.1. The van der Waals surface area contributed by atoms with Crippen molar-refractivity contribution in [1.29, 1.82) is 0 Å². The molecule has 1 aliphatic rings. The molecule has 2 atom stereocenters. The summed E-state index contributed by atoms with van der Waals surface area (Å²) >= 11 is 0. The average molecular weight is 242 g/mol. The van der Waals surface area contributed by atoms with Crippen molar-refractivity contribution < 1.29 is 14.7 Å². The van der Waals surface area contributed by atoms with Gasteiger partial charge in [0.15, 0.2) is 0 Å². The third kappa shape index (κ3) is 3.43. The lowest BCUT2D eigenvalue weighted by molar-refractivity contribution is -0.137. The molecule has 2 N–H and O–H groups in total. The van der Waals surface area contributed by atoms with Crippen LogP contribution >= 0.6 is 0 Å². The van der Waals surface area contributed by atoms with Crippen LogP contribution in [0.1, 0.15) is 33.6 Å². The average Bonchev–Trinajstić information content (AvgIpc) is 2.75. The van der Waals surface area contributed by atoms with E-state index in [4.69, 9.17) is 5.11 Å². The van der Waals surface area contributed by atoms with Gasteiger partial charge in [-0.2, -0.15) is 0 Å². The van der Waals surface area contributed by atoms with E-state index in [0.29, 0.717) is 6.54 Å². The molecule has 0 spiro atoms. The molecule has 1 heterocycles. The van der Waals surface area contributed by atoms with E-state index in [1.54, 1.807) is 25.7 Å².